The fourth-order valence-electron chi connectivity index (χ4n) is 2.36. The number of hydrogen-bond acceptors (Lipinski definition) is 3. The summed E-state index contributed by atoms with van der Waals surface area (Å²) in [6.07, 6.45) is 9.38. The van der Waals surface area contributed by atoms with Crippen molar-refractivity contribution in [2.45, 2.75) is 44.9 Å². The van der Waals surface area contributed by atoms with Gasteiger partial charge in [0.05, 0.1) is 5.75 Å². The average molecular weight is 262 g/mol. The maximum absolute atomic E-state index is 11.2. The molecule has 1 aliphatic rings. The minimum atomic E-state index is -3.05. The Hall–Kier alpha value is -0.130. The van der Waals surface area contributed by atoms with Crippen LogP contribution in [0, 0.1) is 5.92 Å². The molecular weight excluding hydrogens is 236 g/mol. The molecule has 5 heteroatoms. The van der Waals surface area contributed by atoms with Crippen molar-refractivity contribution >= 4 is 10.0 Å². The van der Waals surface area contributed by atoms with E-state index in [2.05, 4.69) is 10.0 Å². The first-order chi connectivity index (χ1) is 8.14. The molecule has 0 atom stereocenters. The first-order valence-electron chi connectivity index (χ1n) is 6.76. The van der Waals surface area contributed by atoms with E-state index in [1.54, 1.807) is 0 Å². The van der Waals surface area contributed by atoms with E-state index in [1.165, 1.54) is 52.0 Å². The summed E-state index contributed by atoms with van der Waals surface area (Å²) in [5, 5.41) is 3.27. The van der Waals surface area contributed by atoms with Gasteiger partial charge < -0.3 is 5.32 Å². The van der Waals surface area contributed by atoms with Crippen LogP contribution in [0.2, 0.25) is 0 Å². The highest BCUT2D eigenvalue weighted by atomic mass is 32.2. The zero-order chi connectivity index (χ0) is 12.6. The van der Waals surface area contributed by atoms with Crippen LogP contribution in [0.25, 0.3) is 0 Å². The Balaban J connectivity index is 2.12. The lowest BCUT2D eigenvalue weighted by Gasteiger charge is -2.19. The van der Waals surface area contributed by atoms with Crippen molar-refractivity contribution in [1.82, 2.24) is 10.0 Å². The van der Waals surface area contributed by atoms with Crippen molar-refractivity contribution in [1.29, 1.82) is 0 Å². The van der Waals surface area contributed by atoms with Crippen LogP contribution >= 0.6 is 0 Å². The first-order valence-corrected chi connectivity index (χ1v) is 8.41. The highest BCUT2D eigenvalue weighted by Crippen LogP contribution is 2.21. The minimum absolute atomic E-state index is 0.177. The van der Waals surface area contributed by atoms with Gasteiger partial charge in [-0.2, -0.15) is 0 Å². The Labute approximate surface area is 106 Å². The largest absolute Gasteiger partial charge is 0.315 e. The minimum Gasteiger partial charge on any atom is -0.315 e. The fourth-order valence-corrected chi connectivity index (χ4v) is 2.98. The summed E-state index contributed by atoms with van der Waals surface area (Å²) >= 11 is 0. The Bertz CT molecular complexity index is 283. The average Bonchev–Trinajstić information content (AvgIpc) is 2.26. The van der Waals surface area contributed by atoms with Gasteiger partial charge in [-0.05, 0) is 32.4 Å². The summed E-state index contributed by atoms with van der Waals surface area (Å²) < 4.78 is 24.7. The van der Waals surface area contributed by atoms with Gasteiger partial charge in [0.2, 0.25) is 10.0 Å². The van der Waals surface area contributed by atoms with Crippen LogP contribution in [0.1, 0.15) is 44.9 Å². The van der Waals surface area contributed by atoms with Gasteiger partial charge in [-0.25, -0.2) is 13.1 Å². The summed E-state index contributed by atoms with van der Waals surface area (Å²) in [5.41, 5.74) is 0. The van der Waals surface area contributed by atoms with Gasteiger partial charge in [-0.1, -0.05) is 32.1 Å². The van der Waals surface area contributed by atoms with Gasteiger partial charge in [0.25, 0.3) is 0 Å². The third-order valence-electron chi connectivity index (χ3n) is 3.52. The smallest absolute Gasteiger partial charge is 0.212 e. The fraction of sp³-hybridized carbons (Fsp3) is 1.00. The van der Waals surface area contributed by atoms with Crippen LogP contribution in [-0.2, 0) is 10.0 Å². The highest BCUT2D eigenvalue weighted by Gasteiger charge is 2.11. The molecule has 1 fully saturated rings. The van der Waals surface area contributed by atoms with Crippen LogP contribution in [-0.4, -0.2) is 34.3 Å². The van der Waals surface area contributed by atoms with Crippen molar-refractivity contribution in [2.75, 3.05) is 25.9 Å². The molecule has 0 aliphatic heterocycles. The summed E-state index contributed by atoms with van der Waals surface area (Å²) in [4.78, 5) is 0. The van der Waals surface area contributed by atoms with Gasteiger partial charge in [-0.15, -0.1) is 0 Å². The standard InChI is InChI=1S/C12H26N2O2S/c1-13-17(15,16)10-9-14-11-12-7-5-3-2-4-6-8-12/h12-14H,2-11H2,1H3. The van der Waals surface area contributed by atoms with Gasteiger partial charge >= 0.3 is 0 Å². The second-order valence-electron chi connectivity index (χ2n) is 4.94. The summed E-state index contributed by atoms with van der Waals surface area (Å²) in [6.45, 7) is 1.53. The second-order valence-corrected chi connectivity index (χ2v) is 6.98. The van der Waals surface area contributed by atoms with E-state index in [-0.39, 0.29) is 5.75 Å². The van der Waals surface area contributed by atoms with E-state index in [0.717, 1.165) is 12.5 Å². The molecule has 0 heterocycles. The maximum atomic E-state index is 11.2. The number of nitrogens with one attached hydrogen (secondary N) is 2. The molecule has 1 aliphatic carbocycles. The highest BCUT2D eigenvalue weighted by molar-refractivity contribution is 7.89. The lowest BCUT2D eigenvalue weighted by atomic mass is 9.91. The van der Waals surface area contributed by atoms with E-state index in [9.17, 15) is 8.42 Å². The monoisotopic (exact) mass is 262 g/mol. The Kier molecular flexibility index (Phi) is 7.08. The summed E-state index contributed by atoms with van der Waals surface area (Å²) in [7, 11) is -1.59. The quantitative estimate of drug-likeness (QED) is 0.713. The van der Waals surface area contributed by atoms with Crippen LogP contribution in [0.4, 0.5) is 0 Å². The molecule has 0 unspecified atom stereocenters. The molecule has 2 N–H and O–H groups in total. The van der Waals surface area contributed by atoms with Gasteiger partial charge in [0, 0.05) is 6.54 Å². The maximum Gasteiger partial charge on any atom is 0.212 e. The third-order valence-corrected chi connectivity index (χ3v) is 4.88. The lowest BCUT2D eigenvalue weighted by molar-refractivity contribution is 0.364. The zero-order valence-electron chi connectivity index (χ0n) is 10.9. The molecule has 4 nitrogen and oxygen atoms in total. The van der Waals surface area contributed by atoms with E-state index < -0.39 is 10.0 Å². The van der Waals surface area contributed by atoms with Crippen LogP contribution < -0.4 is 10.0 Å². The van der Waals surface area contributed by atoms with Crippen molar-refractivity contribution < 1.29 is 8.42 Å². The number of rotatable bonds is 6. The molecule has 0 aromatic heterocycles. The summed E-state index contributed by atoms with van der Waals surface area (Å²) in [5.74, 6) is 0.920. The summed E-state index contributed by atoms with van der Waals surface area (Å²) in [6, 6.07) is 0. The first kappa shape index (κ1) is 14.9. The molecule has 0 spiro atoms. The molecule has 1 saturated carbocycles. The molecule has 1 rings (SSSR count). The van der Waals surface area contributed by atoms with Crippen LogP contribution in [0.5, 0.6) is 0 Å². The molecule has 0 amide bonds. The van der Waals surface area contributed by atoms with Crippen molar-refractivity contribution in [3.8, 4) is 0 Å². The van der Waals surface area contributed by atoms with Gasteiger partial charge in [0.15, 0.2) is 0 Å². The third kappa shape index (κ3) is 7.01. The van der Waals surface area contributed by atoms with E-state index in [1.807, 2.05) is 0 Å². The molecular formula is C12H26N2O2S. The number of hydrogen-bond donors (Lipinski definition) is 2. The second kappa shape index (κ2) is 8.06. The Morgan fingerprint density at radius 1 is 1.06 bits per heavy atom. The van der Waals surface area contributed by atoms with Crippen molar-refractivity contribution in [3.63, 3.8) is 0 Å². The Morgan fingerprint density at radius 2 is 1.65 bits per heavy atom. The molecule has 102 valence electrons. The topological polar surface area (TPSA) is 58.2 Å². The molecule has 0 aromatic carbocycles. The van der Waals surface area contributed by atoms with Gasteiger partial charge in [-0.3, -0.25) is 0 Å². The molecule has 0 saturated heterocycles. The van der Waals surface area contributed by atoms with Crippen LogP contribution in [0.3, 0.4) is 0 Å². The molecule has 0 aromatic rings. The van der Waals surface area contributed by atoms with E-state index in [0.29, 0.717) is 6.54 Å². The predicted octanol–water partition coefficient (Wildman–Crippen LogP) is 1.49. The zero-order valence-corrected chi connectivity index (χ0v) is 11.7. The van der Waals surface area contributed by atoms with E-state index >= 15 is 0 Å². The Morgan fingerprint density at radius 3 is 2.24 bits per heavy atom. The molecule has 17 heavy (non-hydrogen) atoms. The van der Waals surface area contributed by atoms with E-state index in [4.69, 9.17) is 0 Å². The SMILES string of the molecule is CNS(=O)(=O)CCNCC1CCCCCCC1. The van der Waals surface area contributed by atoms with Crippen LogP contribution in [0.15, 0.2) is 0 Å². The van der Waals surface area contributed by atoms with Gasteiger partial charge in [0.1, 0.15) is 0 Å². The normalized spacial score (nSPS) is 19.8. The number of sulfonamides is 1. The van der Waals surface area contributed by atoms with Crippen molar-refractivity contribution in [2.24, 2.45) is 5.92 Å². The predicted molar refractivity (Wildman–Crippen MR) is 71.5 cm³/mol. The lowest BCUT2D eigenvalue weighted by Crippen LogP contribution is -2.32. The molecule has 0 radical (unpaired) electrons. The van der Waals surface area contributed by atoms with Crippen molar-refractivity contribution in [3.05, 3.63) is 0 Å². The molecule has 0 bridgehead atoms.